The SMILES string of the molecule is C#C[C@]1(O)CCC2C3C(O)C=C4C[C@@H](OC(C)=O)CC[C@]4(C)C3CC[C@@]21C. The zero-order valence-corrected chi connectivity index (χ0v) is 16.7. The van der Waals surface area contributed by atoms with E-state index in [9.17, 15) is 15.0 Å². The Morgan fingerprint density at radius 2 is 1.93 bits per heavy atom. The van der Waals surface area contributed by atoms with Crippen LogP contribution in [0.15, 0.2) is 11.6 Å². The number of carbonyl (C=O) groups excluding carboxylic acids is 1. The third kappa shape index (κ3) is 2.54. The van der Waals surface area contributed by atoms with Crippen LogP contribution in [0.2, 0.25) is 0 Å². The monoisotopic (exact) mass is 372 g/mol. The van der Waals surface area contributed by atoms with Crippen molar-refractivity contribution < 1.29 is 19.7 Å². The van der Waals surface area contributed by atoms with E-state index in [4.69, 9.17) is 11.2 Å². The van der Waals surface area contributed by atoms with Crippen LogP contribution in [-0.4, -0.2) is 34.0 Å². The molecule has 0 spiro atoms. The van der Waals surface area contributed by atoms with E-state index in [1.807, 2.05) is 6.08 Å². The number of rotatable bonds is 1. The molecule has 27 heavy (non-hydrogen) atoms. The lowest BCUT2D eigenvalue weighted by molar-refractivity contribution is -0.150. The van der Waals surface area contributed by atoms with Gasteiger partial charge in [-0.1, -0.05) is 31.4 Å². The molecule has 0 aromatic rings. The molecule has 4 aliphatic carbocycles. The Morgan fingerprint density at radius 3 is 2.59 bits per heavy atom. The fraction of sp³-hybridized carbons (Fsp3) is 0.783. The first kappa shape index (κ1) is 19.0. The molecule has 148 valence electrons. The summed E-state index contributed by atoms with van der Waals surface area (Å²) in [5, 5.41) is 22.2. The molecule has 4 aliphatic rings. The third-order valence-electron chi connectivity index (χ3n) is 8.81. The highest BCUT2D eigenvalue weighted by Crippen LogP contribution is 2.67. The molecule has 4 nitrogen and oxygen atoms in total. The molecule has 0 radical (unpaired) electrons. The predicted octanol–water partition coefficient (Wildman–Crippen LogP) is 3.22. The number of esters is 1. The maximum Gasteiger partial charge on any atom is 0.302 e. The Labute approximate surface area is 162 Å². The molecule has 0 heterocycles. The quantitative estimate of drug-likeness (QED) is 0.421. The summed E-state index contributed by atoms with van der Waals surface area (Å²) in [4.78, 5) is 11.4. The number of hydrogen-bond acceptors (Lipinski definition) is 4. The van der Waals surface area contributed by atoms with Crippen LogP contribution in [0.3, 0.4) is 0 Å². The Bertz CT molecular complexity index is 720. The van der Waals surface area contributed by atoms with Gasteiger partial charge in [0.05, 0.1) is 6.10 Å². The van der Waals surface area contributed by atoms with Crippen LogP contribution in [-0.2, 0) is 9.53 Å². The van der Waals surface area contributed by atoms with Gasteiger partial charge >= 0.3 is 5.97 Å². The Kier molecular flexibility index (Phi) is 4.29. The third-order valence-corrected chi connectivity index (χ3v) is 8.81. The second-order valence-corrected chi connectivity index (χ2v) is 9.86. The second-order valence-electron chi connectivity index (χ2n) is 9.86. The van der Waals surface area contributed by atoms with Crippen molar-refractivity contribution in [2.24, 2.45) is 28.6 Å². The maximum absolute atomic E-state index is 11.4. The minimum Gasteiger partial charge on any atom is -0.462 e. The van der Waals surface area contributed by atoms with Gasteiger partial charge in [-0.2, -0.15) is 0 Å². The molecule has 0 saturated heterocycles. The predicted molar refractivity (Wildman–Crippen MR) is 102 cm³/mol. The first-order valence-corrected chi connectivity index (χ1v) is 10.4. The summed E-state index contributed by atoms with van der Waals surface area (Å²) in [5.41, 5.74) is -0.0814. The van der Waals surface area contributed by atoms with Crippen LogP contribution in [0.1, 0.15) is 65.7 Å². The zero-order valence-electron chi connectivity index (χ0n) is 16.7. The average Bonchev–Trinajstić information content (AvgIpc) is 2.88. The van der Waals surface area contributed by atoms with Gasteiger partial charge in [0, 0.05) is 18.8 Å². The largest absolute Gasteiger partial charge is 0.462 e. The van der Waals surface area contributed by atoms with Gasteiger partial charge in [0.1, 0.15) is 11.7 Å². The number of hydrogen-bond donors (Lipinski definition) is 2. The summed E-state index contributed by atoms with van der Waals surface area (Å²) in [6.07, 6.45) is 13.2. The number of fused-ring (bicyclic) bond motifs is 5. The Hall–Kier alpha value is -1.31. The van der Waals surface area contributed by atoms with Gasteiger partial charge in [-0.05, 0) is 61.7 Å². The molecular formula is C23H32O4. The molecule has 4 unspecified atom stereocenters. The second kappa shape index (κ2) is 6.09. The van der Waals surface area contributed by atoms with Gasteiger partial charge < -0.3 is 14.9 Å². The molecule has 0 aromatic heterocycles. The number of aliphatic hydroxyl groups excluding tert-OH is 1. The van der Waals surface area contributed by atoms with Crippen LogP contribution >= 0.6 is 0 Å². The fourth-order valence-corrected chi connectivity index (χ4v) is 7.21. The van der Waals surface area contributed by atoms with Crippen molar-refractivity contribution in [3.8, 4) is 12.3 Å². The number of aliphatic hydroxyl groups is 2. The minimum absolute atomic E-state index is 0.0404. The fourth-order valence-electron chi connectivity index (χ4n) is 7.21. The highest BCUT2D eigenvalue weighted by molar-refractivity contribution is 5.66. The van der Waals surface area contributed by atoms with Crippen molar-refractivity contribution in [1.82, 2.24) is 0 Å². The van der Waals surface area contributed by atoms with Gasteiger partial charge in [-0.3, -0.25) is 4.79 Å². The van der Waals surface area contributed by atoms with E-state index in [0.29, 0.717) is 12.3 Å². The normalized spacial score (nSPS) is 51.3. The van der Waals surface area contributed by atoms with Gasteiger partial charge in [-0.15, -0.1) is 6.42 Å². The molecule has 0 aromatic carbocycles. The van der Waals surface area contributed by atoms with E-state index < -0.39 is 11.7 Å². The molecule has 4 rings (SSSR count). The van der Waals surface area contributed by atoms with E-state index in [2.05, 4.69) is 19.8 Å². The minimum atomic E-state index is -1.06. The summed E-state index contributed by atoms with van der Waals surface area (Å²) in [7, 11) is 0. The molecule has 8 atom stereocenters. The molecule has 4 heteroatoms. The highest BCUT2D eigenvalue weighted by atomic mass is 16.5. The molecule has 2 N–H and O–H groups in total. The summed E-state index contributed by atoms with van der Waals surface area (Å²) in [6, 6.07) is 0. The lowest BCUT2D eigenvalue weighted by Crippen LogP contribution is -2.57. The molecular weight excluding hydrogens is 340 g/mol. The summed E-state index contributed by atoms with van der Waals surface area (Å²) < 4.78 is 5.47. The van der Waals surface area contributed by atoms with Crippen LogP contribution in [0.4, 0.5) is 0 Å². The highest BCUT2D eigenvalue weighted by Gasteiger charge is 2.65. The van der Waals surface area contributed by atoms with Crippen LogP contribution < -0.4 is 0 Å². The lowest BCUT2D eigenvalue weighted by Gasteiger charge is -2.59. The van der Waals surface area contributed by atoms with Crippen LogP contribution in [0, 0.1) is 40.9 Å². The van der Waals surface area contributed by atoms with Crippen molar-refractivity contribution in [2.45, 2.75) is 83.5 Å². The topological polar surface area (TPSA) is 66.8 Å². The summed E-state index contributed by atoms with van der Waals surface area (Å²) >= 11 is 0. The van der Waals surface area contributed by atoms with Crippen LogP contribution in [0.5, 0.6) is 0 Å². The summed E-state index contributed by atoms with van der Waals surface area (Å²) in [6.45, 7) is 5.92. The van der Waals surface area contributed by atoms with Gasteiger partial charge in [0.15, 0.2) is 0 Å². The molecule has 3 fully saturated rings. The molecule has 3 saturated carbocycles. The lowest BCUT2D eigenvalue weighted by atomic mass is 9.46. The van der Waals surface area contributed by atoms with Crippen molar-refractivity contribution in [3.63, 3.8) is 0 Å². The molecule has 0 amide bonds. The summed E-state index contributed by atoms with van der Waals surface area (Å²) in [5.74, 6) is 3.24. The zero-order chi connectivity index (χ0) is 19.6. The van der Waals surface area contributed by atoms with E-state index in [-0.39, 0.29) is 34.7 Å². The van der Waals surface area contributed by atoms with Crippen molar-refractivity contribution >= 4 is 5.97 Å². The van der Waals surface area contributed by atoms with Crippen molar-refractivity contribution in [1.29, 1.82) is 0 Å². The van der Waals surface area contributed by atoms with E-state index in [1.54, 1.807) is 0 Å². The van der Waals surface area contributed by atoms with Gasteiger partial charge in [0.2, 0.25) is 0 Å². The van der Waals surface area contributed by atoms with Gasteiger partial charge in [-0.25, -0.2) is 0 Å². The Morgan fingerprint density at radius 1 is 1.22 bits per heavy atom. The first-order chi connectivity index (χ1) is 12.6. The van der Waals surface area contributed by atoms with E-state index in [1.165, 1.54) is 12.5 Å². The van der Waals surface area contributed by atoms with Crippen molar-refractivity contribution in [3.05, 3.63) is 11.6 Å². The number of terminal acetylenes is 1. The molecule has 0 bridgehead atoms. The standard InChI is InChI=1S/C23H32O4/c1-5-23(26)11-8-18-20-17(7-10-22(18,23)4)21(3)9-6-16(27-14(2)24)12-15(21)13-19(20)25/h1,13,16-20,25-26H,6-12H2,2-4H3/t16-,17?,18?,19?,20?,21-,22-,23-/m0/s1. The number of carbonyl (C=O) groups is 1. The number of ether oxygens (including phenoxy) is 1. The van der Waals surface area contributed by atoms with Crippen LogP contribution in [0.25, 0.3) is 0 Å². The van der Waals surface area contributed by atoms with Crippen molar-refractivity contribution in [2.75, 3.05) is 0 Å². The average molecular weight is 373 g/mol. The molecule has 0 aliphatic heterocycles. The maximum atomic E-state index is 11.4. The van der Waals surface area contributed by atoms with E-state index in [0.717, 1.165) is 38.5 Å². The van der Waals surface area contributed by atoms with Gasteiger partial charge in [0.25, 0.3) is 0 Å². The van der Waals surface area contributed by atoms with E-state index >= 15 is 0 Å². The smallest absolute Gasteiger partial charge is 0.302 e. The first-order valence-electron chi connectivity index (χ1n) is 10.4. The Balaban J connectivity index is 1.66.